The monoisotopic (exact) mass is 396 g/mol. The molecule has 0 aliphatic heterocycles. The zero-order chi connectivity index (χ0) is 20.3. The van der Waals surface area contributed by atoms with E-state index in [4.69, 9.17) is 19.1 Å². The number of para-hydroxylation sites is 2. The number of fused-ring (bicyclic) bond motifs is 3. The van der Waals surface area contributed by atoms with Gasteiger partial charge in [0.2, 0.25) is 0 Å². The van der Waals surface area contributed by atoms with E-state index < -0.39 is 0 Å². The predicted octanol–water partition coefficient (Wildman–Crippen LogP) is 4.95. The normalized spacial score (nSPS) is 11.1. The maximum Gasteiger partial charge on any atom is 0.196 e. The zero-order valence-corrected chi connectivity index (χ0v) is 16.5. The van der Waals surface area contributed by atoms with Crippen molar-refractivity contribution in [1.82, 2.24) is 15.0 Å². The number of benzene rings is 2. The van der Waals surface area contributed by atoms with Gasteiger partial charge in [0.05, 0.1) is 6.54 Å². The third kappa shape index (κ3) is 3.43. The largest absolute Gasteiger partial charge is 0.492 e. The Morgan fingerprint density at radius 2 is 1.77 bits per heavy atom. The van der Waals surface area contributed by atoms with Crippen LogP contribution in [0.1, 0.15) is 0 Å². The number of likely N-dealkylation sites (N-methyl/N-ethyl adjacent to an activating group) is 1. The van der Waals surface area contributed by atoms with Gasteiger partial charge in [-0.1, -0.05) is 30.3 Å². The third-order valence-corrected chi connectivity index (χ3v) is 4.92. The summed E-state index contributed by atoms with van der Waals surface area (Å²) in [5.41, 5.74) is 3.12. The highest BCUT2D eigenvalue weighted by atomic mass is 16.5. The number of furan rings is 1. The second-order valence-corrected chi connectivity index (χ2v) is 6.97. The highest BCUT2D eigenvalue weighted by Crippen LogP contribution is 2.34. The zero-order valence-electron chi connectivity index (χ0n) is 16.5. The van der Waals surface area contributed by atoms with Crippen LogP contribution in [0.4, 0.5) is 5.82 Å². The molecule has 0 saturated carbocycles. The summed E-state index contributed by atoms with van der Waals surface area (Å²) in [5.74, 6) is 2.19. The van der Waals surface area contributed by atoms with E-state index in [1.54, 1.807) is 12.4 Å². The number of rotatable bonds is 6. The van der Waals surface area contributed by atoms with Crippen LogP contribution in [0.15, 0.2) is 83.5 Å². The number of hydrogen-bond donors (Lipinski definition) is 0. The lowest BCUT2D eigenvalue weighted by Crippen LogP contribution is -2.25. The number of ether oxygens (including phenoxy) is 1. The van der Waals surface area contributed by atoms with Crippen molar-refractivity contribution in [2.45, 2.75) is 0 Å². The van der Waals surface area contributed by atoms with Crippen LogP contribution < -0.4 is 9.64 Å². The van der Waals surface area contributed by atoms with E-state index in [1.807, 2.05) is 78.7 Å². The standard InChI is InChI=1S/C24H20N4O2/c1-28(14-15-29-18-9-3-2-4-10-18)24-22-21(19-11-5-6-12-20(19)30-22)26-23(27-24)17-8-7-13-25-16-17/h2-13,16H,14-15H2,1H3. The number of pyridine rings is 1. The van der Waals surface area contributed by atoms with Gasteiger partial charge in [0.25, 0.3) is 0 Å². The van der Waals surface area contributed by atoms with Crippen LogP contribution >= 0.6 is 0 Å². The second-order valence-electron chi connectivity index (χ2n) is 6.97. The molecule has 0 bridgehead atoms. The van der Waals surface area contributed by atoms with E-state index >= 15 is 0 Å². The Morgan fingerprint density at radius 1 is 0.933 bits per heavy atom. The summed E-state index contributed by atoms with van der Waals surface area (Å²) in [6.45, 7) is 1.17. The first-order chi connectivity index (χ1) is 14.8. The molecule has 5 aromatic rings. The molecule has 3 heterocycles. The van der Waals surface area contributed by atoms with Crippen molar-refractivity contribution in [1.29, 1.82) is 0 Å². The van der Waals surface area contributed by atoms with Gasteiger partial charge in [-0.3, -0.25) is 4.98 Å². The van der Waals surface area contributed by atoms with Gasteiger partial charge in [0, 0.05) is 30.4 Å². The molecule has 0 spiro atoms. The summed E-state index contributed by atoms with van der Waals surface area (Å²) < 4.78 is 12.0. The van der Waals surface area contributed by atoms with Crippen LogP contribution in [-0.2, 0) is 0 Å². The molecule has 3 aromatic heterocycles. The Bertz CT molecular complexity index is 1290. The summed E-state index contributed by atoms with van der Waals surface area (Å²) >= 11 is 0. The van der Waals surface area contributed by atoms with Gasteiger partial charge in [-0.25, -0.2) is 9.97 Å². The summed E-state index contributed by atoms with van der Waals surface area (Å²) in [4.78, 5) is 15.9. The minimum atomic E-state index is 0.522. The van der Waals surface area contributed by atoms with Crippen LogP contribution in [0, 0.1) is 0 Å². The maximum atomic E-state index is 6.14. The van der Waals surface area contributed by atoms with Gasteiger partial charge in [0.15, 0.2) is 17.2 Å². The molecule has 0 radical (unpaired) electrons. The van der Waals surface area contributed by atoms with Gasteiger partial charge >= 0.3 is 0 Å². The average Bonchev–Trinajstić information content (AvgIpc) is 3.18. The lowest BCUT2D eigenvalue weighted by atomic mass is 10.2. The maximum absolute atomic E-state index is 6.14. The second kappa shape index (κ2) is 7.83. The first kappa shape index (κ1) is 18.1. The first-order valence-corrected chi connectivity index (χ1v) is 9.78. The van der Waals surface area contributed by atoms with Crippen LogP contribution in [0.25, 0.3) is 33.5 Å². The van der Waals surface area contributed by atoms with Crippen molar-refractivity contribution in [3.8, 4) is 17.1 Å². The molecule has 0 fully saturated rings. The lowest BCUT2D eigenvalue weighted by Gasteiger charge is -2.19. The first-order valence-electron chi connectivity index (χ1n) is 9.78. The SMILES string of the molecule is CN(CCOc1ccccc1)c1nc(-c2cccnc2)nc2c1oc1ccccc12. The highest BCUT2D eigenvalue weighted by molar-refractivity contribution is 6.06. The molecule has 0 unspecified atom stereocenters. The van der Waals surface area contributed by atoms with Crippen LogP contribution in [0.3, 0.4) is 0 Å². The molecule has 6 nitrogen and oxygen atoms in total. The molecule has 0 atom stereocenters. The number of nitrogens with zero attached hydrogens (tertiary/aromatic N) is 4. The molecule has 0 saturated heterocycles. The Balaban J connectivity index is 1.53. The molecule has 0 aliphatic carbocycles. The van der Waals surface area contributed by atoms with Crippen molar-refractivity contribution >= 4 is 27.9 Å². The molecular formula is C24H20N4O2. The topological polar surface area (TPSA) is 64.3 Å². The predicted molar refractivity (Wildman–Crippen MR) is 118 cm³/mol. The van der Waals surface area contributed by atoms with Gasteiger partial charge in [-0.05, 0) is 36.4 Å². The number of aromatic nitrogens is 3. The Morgan fingerprint density at radius 3 is 2.60 bits per heavy atom. The molecular weight excluding hydrogens is 376 g/mol. The van der Waals surface area contributed by atoms with E-state index in [0.717, 1.165) is 33.6 Å². The third-order valence-electron chi connectivity index (χ3n) is 4.92. The molecule has 0 amide bonds. The fourth-order valence-corrected chi connectivity index (χ4v) is 3.38. The average molecular weight is 396 g/mol. The Kier molecular flexibility index (Phi) is 4.73. The van der Waals surface area contributed by atoms with E-state index in [-0.39, 0.29) is 0 Å². The summed E-state index contributed by atoms with van der Waals surface area (Å²) in [6, 6.07) is 21.5. The van der Waals surface area contributed by atoms with Crippen LogP contribution in [-0.4, -0.2) is 35.2 Å². The van der Waals surface area contributed by atoms with Crippen molar-refractivity contribution < 1.29 is 9.15 Å². The summed E-state index contributed by atoms with van der Waals surface area (Å²) in [5, 5.41) is 0.968. The van der Waals surface area contributed by atoms with Crippen molar-refractivity contribution in [3.05, 3.63) is 79.1 Å². The van der Waals surface area contributed by atoms with E-state index in [9.17, 15) is 0 Å². The minimum absolute atomic E-state index is 0.522. The van der Waals surface area contributed by atoms with Gasteiger partial charge in [0.1, 0.15) is 23.5 Å². The molecule has 148 valence electrons. The van der Waals surface area contributed by atoms with Gasteiger partial charge in [-0.15, -0.1) is 0 Å². The van der Waals surface area contributed by atoms with E-state index in [0.29, 0.717) is 24.6 Å². The molecule has 0 aliphatic rings. The lowest BCUT2D eigenvalue weighted by molar-refractivity contribution is 0.325. The fourth-order valence-electron chi connectivity index (χ4n) is 3.38. The van der Waals surface area contributed by atoms with Crippen LogP contribution in [0.2, 0.25) is 0 Å². The van der Waals surface area contributed by atoms with Gasteiger partial charge < -0.3 is 14.1 Å². The minimum Gasteiger partial charge on any atom is -0.492 e. The van der Waals surface area contributed by atoms with Crippen molar-refractivity contribution in [2.24, 2.45) is 0 Å². The van der Waals surface area contributed by atoms with E-state index in [2.05, 4.69) is 4.98 Å². The summed E-state index contributed by atoms with van der Waals surface area (Å²) in [7, 11) is 1.98. The molecule has 2 aromatic carbocycles. The van der Waals surface area contributed by atoms with Crippen molar-refractivity contribution in [3.63, 3.8) is 0 Å². The molecule has 5 rings (SSSR count). The smallest absolute Gasteiger partial charge is 0.196 e. The summed E-state index contributed by atoms with van der Waals surface area (Å²) in [6.07, 6.45) is 3.51. The molecule has 0 N–H and O–H groups in total. The molecule has 30 heavy (non-hydrogen) atoms. The highest BCUT2D eigenvalue weighted by Gasteiger charge is 2.19. The van der Waals surface area contributed by atoms with Crippen LogP contribution in [0.5, 0.6) is 5.75 Å². The van der Waals surface area contributed by atoms with Gasteiger partial charge in [-0.2, -0.15) is 0 Å². The Labute approximate surface area is 173 Å². The molecule has 6 heteroatoms. The quantitative estimate of drug-likeness (QED) is 0.404. The van der Waals surface area contributed by atoms with Crippen molar-refractivity contribution in [2.75, 3.05) is 25.1 Å². The number of anilines is 1. The fraction of sp³-hybridized carbons (Fsp3) is 0.125. The number of hydrogen-bond acceptors (Lipinski definition) is 6. The Hall–Kier alpha value is -3.93. The van der Waals surface area contributed by atoms with E-state index in [1.165, 1.54) is 0 Å².